The van der Waals surface area contributed by atoms with Gasteiger partial charge in [-0.3, -0.25) is 4.79 Å². The number of H-pyrrole nitrogens is 1. The van der Waals surface area contributed by atoms with Crippen LogP contribution in [0.15, 0.2) is 34.9 Å². The molecule has 0 spiro atoms. The summed E-state index contributed by atoms with van der Waals surface area (Å²) in [5, 5.41) is 6.15. The lowest BCUT2D eigenvalue weighted by atomic mass is 10.2. The summed E-state index contributed by atoms with van der Waals surface area (Å²) in [6.45, 7) is 2.08. The Bertz CT molecular complexity index is 1020. The number of benzene rings is 1. The van der Waals surface area contributed by atoms with Crippen LogP contribution < -0.4 is 15.4 Å². The van der Waals surface area contributed by atoms with E-state index in [9.17, 15) is 4.79 Å². The number of likely N-dealkylation sites (N-methyl/N-ethyl adjacent to an activating group) is 2. The van der Waals surface area contributed by atoms with Crippen molar-refractivity contribution < 1.29 is 9.53 Å². The van der Waals surface area contributed by atoms with Crippen LogP contribution in [0.5, 0.6) is 5.75 Å². The summed E-state index contributed by atoms with van der Waals surface area (Å²) in [5.41, 5.74) is 3.42. The third-order valence-corrected chi connectivity index (χ3v) is 5.58. The molecule has 1 aliphatic heterocycles. The number of likely N-dealkylation sites (tertiary alicyclic amines) is 1. The minimum absolute atomic E-state index is 0.0101. The first-order chi connectivity index (χ1) is 14.0. The van der Waals surface area contributed by atoms with Crippen LogP contribution in [-0.4, -0.2) is 65.6 Å². The highest BCUT2D eigenvalue weighted by molar-refractivity contribution is 9.10. The molecule has 0 radical (unpaired) electrons. The number of carbonyl (C=O) groups is 1. The van der Waals surface area contributed by atoms with Crippen LogP contribution >= 0.6 is 15.9 Å². The highest BCUT2D eigenvalue weighted by atomic mass is 79.9. The fourth-order valence-corrected chi connectivity index (χ4v) is 3.80. The van der Waals surface area contributed by atoms with Crippen LogP contribution in [0, 0.1) is 0 Å². The van der Waals surface area contributed by atoms with E-state index in [0.29, 0.717) is 11.8 Å². The summed E-state index contributed by atoms with van der Waals surface area (Å²) in [6.07, 6.45) is 2.89. The topological polar surface area (TPSA) is 95.2 Å². The van der Waals surface area contributed by atoms with Crippen molar-refractivity contribution >= 4 is 38.7 Å². The molecule has 1 atom stereocenters. The summed E-state index contributed by atoms with van der Waals surface area (Å²) in [4.78, 5) is 26.2. The Morgan fingerprint density at radius 3 is 2.86 bits per heavy atom. The lowest BCUT2D eigenvalue weighted by Crippen LogP contribution is -2.24. The van der Waals surface area contributed by atoms with Crippen molar-refractivity contribution in [1.29, 1.82) is 0 Å². The quantitative estimate of drug-likeness (QED) is 0.525. The smallest absolute Gasteiger partial charge is 0.257 e. The Hall–Kier alpha value is -2.65. The van der Waals surface area contributed by atoms with Gasteiger partial charge in [-0.15, -0.1) is 0 Å². The first-order valence-electron chi connectivity index (χ1n) is 9.46. The molecular formula is C20H23BrN6O2. The largest absolute Gasteiger partial charge is 0.484 e. The molecule has 29 heavy (non-hydrogen) atoms. The van der Waals surface area contributed by atoms with Crippen LogP contribution in [0.4, 0.5) is 5.69 Å². The zero-order valence-electron chi connectivity index (χ0n) is 16.3. The number of aromatic nitrogens is 3. The monoisotopic (exact) mass is 458 g/mol. The molecule has 1 unspecified atom stereocenters. The number of nitrogens with one attached hydrogen (secondary N) is 3. The number of imidazole rings is 1. The number of carbonyl (C=O) groups excluding carboxylic acids is 1. The predicted molar refractivity (Wildman–Crippen MR) is 116 cm³/mol. The maximum Gasteiger partial charge on any atom is 0.257 e. The maximum atomic E-state index is 11.3. The number of halogens is 1. The normalized spacial score (nSPS) is 16.9. The average molecular weight is 459 g/mol. The van der Waals surface area contributed by atoms with Crippen LogP contribution in [-0.2, 0) is 4.79 Å². The van der Waals surface area contributed by atoms with Crippen LogP contribution in [0.3, 0.4) is 0 Å². The maximum absolute atomic E-state index is 11.3. The second kappa shape index (κ2) is 8.38. The van der Waals surface area contributed by atoms with E-state index in [1.54, 1.807) is 13.2 Å². The van der Waals surface area contributed by atoms with E-state index in [4.69, 9.17) is 9.72 Å². The highest BCUT2D eigenvalue weighted by Crippen LogP contribution is 2.32. The second-order valence-electron chi connectivity index (χ2n) is 7.14. The first kappa shape index (κ1) is 19.7. The van der Waals surface area contributed by atoms with E-state index >= 15 is 0 Å². The minimum atomic E-state index is -0.170. The van der Waals surface area contributed by atoms with Gasteiger partial charge in [-0.2, -0.15) is 0 Å². The third kappa shape index (κ3) is 4.35. The predicted octanol–water partition coefficient (Wildman–Crippen LogP) is 2.63. The fourth-order valence-electron chi connectivity index (χ4n) is 3.39. The molecular weight excluding hydrogens is 436 g/mol. The Labute approximate surface area is 177 Å². The molecule has 1 saturated heterocycles. The van der Waals surface area contributed by atoms with Gasteiger partial charge < -0.3 is 25.3 Å². The van der Waals surface area contributed by atoms with E-state index in [2.05, 4.69) is 48.5 Å². The zero-order chi connectivity index (χ0) is 20.4. The molecule has 152 valence electrons. The molecule has 0 aliphatic carbocycles. The van der Waals surface area contributed by atoms with E-state index in [1.807, 2.05) is 24.3 Å². The van der Waals surface area contributed by atoms with Gasteiger partial charge in [-0.05, 0) is 60.2 Å². The van der Waals surface area contributed by atoms with E-state index in [1.165, 1.54) is 0 Å². The van der Waals surface area contributed by atoms with Crippen molar-refractivity contribution in [3.05, 3.63) is 34.9 Å². The van der Waals surface area contributed by atoms with Crippen molar-refractivity contribution in [2.75, 3.05) is 39.1 Å². The van der Waals surface area contributed by atoms with Gasteiger partial charge in [-0.1, -0.05) is 0 Å². The van der Waals surface area contributed by atoms with Crippen molar-refractivity contribution in [2.24, 2.45) is 0 Å². The molecule has 3 aromatic rings. The molecule has 4 rings (SSSR count). The lowest BCUT2D eigenvalue weighted by molar-refractivity contribution is -0.122. The highest BCUT2D eigenvalue weighted by Gasteiger charge is 2.22. The molecule has 8 nitrogen and oxygen atoms in total. The number of amides is 1. The van der Waals surface area contributed by atoms with Gasteiger partial charge >= 0.3 is 0 Å². The second-order valence-corrected chi connectivity index (χ2v) is 8.00. The Morgan fingerprint density at radius 1 is 1.38 bits per heavy atom. The lowest BCUT2D eigenvalue weighted by Gasteiger charge is -2.15. The SMILES string of the molecule is CNC(=O)COc1ccc(-c2nc3c(NC4CCN(C)C4)c(Br)cnc3[nH]2)cc1. The van der Waals surface area contributed by atoms with Crippen LogP contribution in [0.25, 0.3) is 22.6 Å². The summed E-state index contributed by atoms with van der Waals surface area (Å²) in [7, 11) is 3.71. The number of fused-ring (bicyclic) bond motifs is 1. The van der Waals surface area contributed by atoms with Gasteiger partial charge in [0.2, 0.25) is 0 Å². The first-order valence-corrected chi connectivity index (χ1v) is 10.3. The van der Waals surface area contributed by atoms with Gasteiger partial charge in [-0.25, -0.2) is 9.97 Å². The molecule has 3 heterocycles. The number of anilines is 1. The average Bonchev–Trinajstić information content (AvgIpc) is 3.35. The molecule has 3 N–H and O–H groups in total. The number of pyridine rings is 1. The minimum Gasteiger partial charge on any atom is -0.484 e. The summed E-state index contributed by atoms with van der Waals surface area (Å²) < 4.78 is 6.35. The van der Waals surface area contributed by atoms with Gasteiger partial charge in [0.25, 0.3) is 5.91 Å². The van der Waals surface area contributed by atoms with Crippen molar-refractivity contribution in [3.63, 3.8) is 0 Å². The Kier molecular flexibility index (Phi) is 5.68. The molecule has 1 aliphatic rings. The third-order valence-electron chi connectivity index (χ3n) is 4.98. The van der Waals surface area contributed by atoms with Gasteiger partial charge in [0.15, 0.2) is 12.3 Å². The number of ether oxygens (including phenoxy) is 1. The number of hydrogen-bond donors (Lipinski definition) is 3. The van der Waals surface area contributed by atoms with E-state index in [0.717, 1.165) is 52.2 Å². The van der Waals surface area contributed by atoms with Crippen LogP contribution in [0.1, 0.15) is 6.42 Å². The molecule has 9 heteroatoms. The number of aromatic amines is 1. The fraction of sp³-hybridized carbons (Fsp3) is 0.350. The van der Waals surface area contributed by atoms with Gasteiger partial charge in [0, 0.05) is 31.4 Å². The molecule has 1 aromatic carbocycles. The van der Waals surface area contributed by atoms with E-state index < -0.39 is 0 Å². The van der Waals surface area contributed by atoms with Crippen molar-refractivity contribution in [3.8, 4) is 17.1 Å². The summed E-state index contributed by atoms with van der Waals surface area (Å²) >= 11 is 3.61. The molecule has 1 fully saturated rings. The zero-order valence-corrected chi connectivity index (χ0v) is 17.9. The molecule has 1 amide bonds. The van der Waals surface area contributed by atoms with Crippen molar-refractivity contribution in [2.45, 2.75) is 12.5 Å². The molecule has 2 aromatic heterocycles. The Morgan fingerprint density at radius 2 is 2.17 bits per heavy atom. The van der Waals surface area contributed by atoms with Gasteiger partial charge in [0.05, 0.1) is 10.2 Å². The van der Waals surface area contributed by atoms with Crippen molar-refractivity contribution in [1.82, 2.24) is 25.2 Å². The number of hydrogen-bond acceptors (Lipinski definition) is 6. The van der Waals surface area contributed by atoms with Gasteiger partial charge in [0.1, 0.15) is 17.1 Å². The number of nitrogens with zero attached hydrogens (tertiary/aromatic N) is 3. The van der Waals surface area contributed by atoms with E-state index in [-0.39, 0.29) is 12.5 Å². The standard InChI is InChI=1S/C20H23BrN6O2/c1-22-16(28)11-29-14-5-3-12(4-6-14)19-25-18-17(15(21)9-23-20(18)26-19)24-13-7-8-27(2)10-13/h3-6,9,13H,7-8,10-11H2,1-2H3,(H,22,28)(H2,23,24,25,26). The Balaban J connectivity index is 1.57. The molecule has 0 bridgehead atoms. The number of rotatable bonds is 6. The summed E-state index contributed by atoms with van der Waals surface area (Å²) in [6, 6.07) is 7.85. The van der Waals surface area contributed by atoms with Crippen LogP contribution in [0.2, 0.25) is 0 Å². The molecule has 0 saturated carbocycles. The summed E-state index contributed by atoms with van der Waals surface area (Å²) in [5.74, 6) is 1.19.